The molecule has 9 heteroatoms. The van der Waals surface area contributed by atoms with E-state index < -0.39 is 17.6 Å². The summed E-state index contributed by atoms with van der Waals surface area (Å²) in [6, 6.07) is 2.56. The summed E-state index contributed by atoms with van der Waals surface area (Å²) < 4.78 is 47.5. The van der Waals surface area contributed by atoms with Crippen LogP contribution in [0, 0.1) is 11.8 Å². The van der Waals surface area contributed by atoms with Crippen LogP contribution in [0.2, 0.25) is 5.15 Å². The molecule has 0 aromatic carbocycles. The van der Waals surface area contributed by atoms with Gasteiger partial charge in [0.2, 0.25) is 0 Å². The molecule has 1 aliphatic rings. The molecule has 0 radical (unpaired) electrons. The van der Waals surface area contributed by atoms with Crippen molar-refractivity contribution >= 4 is 23.2 Å². The molecule has 0 aliphatic carbocycles. The lowest BCUT2D eigenvalue weighted by Crippen LogP contribution is -2.38. The number of hydrogen-bond acceptors (Lipinski definition) is 3. The van der Waals surface area contributed by atoms with Gasteiger partial charge in [0.1, 0.15) is 5.15 Å². The van der Waals surface area contributed by atoms with Crippen molar-refractivity contribution in [1.82, 2.24) is 14.3 Å². The van der Waals surface area contributed by atoms with Gasteiger partial charge in [-0.2, -0.15) is 13.2 Å². The lowest BCUT2D eigenvalue weighted by Gasteiger charge is -2.32. The fraction of sp³-hybridized carbons (Fsp3) is 0.478. The molecule has 4 heterocycles. The Morgan fingerprint density at radius 3 is 2.59 bits per heavy atom. The highest BCUT2D eigenvalue weighted by Crippen LogP contribution is 2.37. The molecular weight excluding hydrogens is 443 g/mol. The number of imidazole rings is 1. The van der Waals surface area contributed by atoms with Crippen molar-refractivity contribution in [1.29, 1.82) is 0 Å². The third-order valence-electron chi connectivity index (χ3n) is 6.08. The number of rotatable bonds is 5. The Bertz CT molecular complexity index is 1100. The number of piperidine rings is 1. The molecule has 1 fully saturated rings. The number of alkyl halides is 3. The van der Waals surface area contributed by atoms with Gasteiger partial charge in [-0.3, -0.25) is 9.20 Å². The fourth-order valence-electron chi connectivity index (χ4n) is 4.19. The number of likely N-dealkylation sites (tertiary alicyclic amines) is 1. The molecule has 32 heavy (non-hydrogen) atoms. The van der Waals surface area contributed by atoms with Gasteiger partial charge in [-0.05, 0) is 36.8 Å². The van der Waals surface area contributed by atoms with E-state index in [1.54, 1.807) is 11.0 Å². The standard InChI is InChI=1S/C23H25ClF3N3O2/c1-14(2)3-4-15-5-8-29(9-6-15)22(31)19-20(24)30-12-17(16-7-10-32-13-16)11-18(21(30)28-19)23(25,26)27/h7,10-15H,3-6,8-9H2,1-2H3. The number of halogens is 4. The monoisotopic (exact) mass is 467 g/mol. The maximum absolute atomic E-state index is 13.8. The van der Waals surface area contributed by atoms with E-state index in [0.29, 0.717) is 30.5 Å². The number of amides is 1. The van der Waals surface area contributed by atoms with Gasteiger partial charge in [0.05, 0.1) is 18.1 Å². The van der Waals surface area contributed by atoms with Gasteiger partial charge in [-0.15, -0.1) is 0 Å². The molecule has 3 aromatic heterocycles. The van der Waals surface area contributed by atoms with Crippen molar-refractivity contribution in [3.05, 3.63) is 47.3 Å². The molecule has 1 saturated heterocycles. The van der Waals surface area contributed by atoms with E-state index >= 15 is 0 Å². The van der Waals surface area contributed by atoms with Crippen molar-refractivity contribution in [3.63, 3.8) is 0 Å². The van der Waals surface area contributed by atoms with E-state index in [-0.39, 0.29) is 22.1 Å². The largest absolute Gasteiger partial charge is 0.472 e. The normalized spacial score (nSPS) is 15.8. The van der Waals surface area contributed by atoms with Crippen LogP contribution in [0.1, 0.15) is 55.6 Å². The summed E-state index contributed by atoms with van der Waals surface area (Å²) in [6.07, 6.45) is 3.54. The van der Waals surface area contributed by atoms with Gasteiger partial charge < -0.3 is 9.32 Å². The van der Waals surface area contributed by atoms with Crippen LogP contribution >= 0.6 is 11.6 Å². The fourth-order valence-corrected chi connectivity index (χ4v) is 4.44. The van der Waals surface area contributed by atoms with E-state index in [1.165, 1.54) is 18.7 Å². The Morgan fingerprint density at radius 1 is 1.28 bits per heavy atom. The zero-order valence-corrected chi connectivity index (χ0v) is 18.7. The molecular formula is C23H25ClF3N3O2. The van der Waals surface area contributed by atoms with Crippen LogP contribution in [-0.2, 0) is 6.18 Å². The predicted octanol–water partition coefficient (Wildman–Crippen LogP) is 6.55. The first-order chi connectivity index (χ1) is 15.1. The van der Waals surface area contributed by atoms with Crippen molar-refractivity contribution in [3.8, 4) is 11.1 Å². The minimum Gasteiger partial charge on any atom is -0.472 e. The summed E-state index contributed by atoms with van der Waals surface area (Å²) in [5, 5.41) is -0.122. The SMILES string of the molecule is CC(C)CCC1CCN(C(=O)c2nc3c(C(F)(F)F)cc(-c4ccoc4)cn3c2Cl)CC1. The third-order valence-corrected chi connectivity index (χ3v) is 6.44. The zero-order chi connectivity index (χ0) is 23.0. The van der Waals surface area contributed by atoms with E-state index in [9.17, 15) is 18.0 Å². The summed E-state index contributed by atoms with van der Waals surface area (Å²) >= 11 is 6.40. The number of carbonyl (C=O) groups is 1. The quantitative estimate of drug-likeness (QED) is 0.427. The van der Waals surface area contributed by atoms with Gasteiger partial charge in [0.25, 0.3) is 5.91 Å². The Morgan fingerprint density at radius 2 is 2.00 bits per heavy atom. The Kier molecular flexibility index (Phi) is 6.25. The number of furan rings is 1. The average Bonchev–Trinajstić information content (AvgIpc) is 3.39. The van der Waals surface area contributed by atoms with Crippen LogP contribution < -0.4 is 0 Å². The van der Waals surface area contributed by atoms with Crippen molar-refractivity contribution in [2.45, 2.75) is 45.7 Å². The number of nitrogens with zero attached hydrogens (tertiary/aromatic N) is 3. The number of pyridine rings is 1. The molecule has 3 aromatic rings. The lowest BCUT2D eigenvalue weighted by molar-refractivity contribution is -0.136. The summed E-state index contributed by atoms with van der Waals surface area (Å²) in [6.45, 7) is 5.49. The second-order valence-corrected chi connectivity index (χ2v) is 9.16. The predicted molar refractivity (Wildman–Crippen MR) is 116 cm³/mol. The summed E-state index contributed by atoms with van der Waals surface area (Å²) in [5.74, 6) is 0.771. The van der Waals surface area contributed by atoms with Gasteiger partial charge >= 0.3 is 6.18 Å². The maximum Gasteiger partial charge on any atom is 0.420 e. The van der Waals surface area contributed by atoms with Crippen LogP contribution in [0.15, 0.2) is 35.3 Å². The molecule has 1 amide bonds. The summed E-state index contributed by atoms with van der Waals surface area (Å²) in [4.78, 5) is 18.8. The summed E-state index contributed by atoms with van der Waals surface area (Å²) in [7, 11) is 0. The van der Waals surface area contributed by atoms with Gasteiger partial charge in [0.15, 0.2) is 11.3 Å². The summed E-state index contributed by atoms with van der Waals surface area (Å²) in [5.41, 5.74) is -0.752. The lowest BCUT2D eigenvalue weighted by atomic mass is 9.89. The van der Waals surface area contributed by atoms with E-state index in [0.717, 1.165) is 36.2 Å². The smallest absolute Gasteiger partial charge is 0.420 e. The molecule has 0 atom stereocenters. The van der Waals surface area contributed by atoms with Crippen LogP contribution in [0.3, 0.4) is 0 Å². The highest BCUT2D eigenvalue weighted by Gasteiger charge is 2.37. The van der Waals surface area contributed by atoms with E-state index in [1.807, 2.05) is 0 Å². The van der Waals surface area contributed by atoms with E-state index in [4.69, 9.17) is 16.0 Å². The molecule has 0 N–H and O–H groups in total. The van der Waals surface area contributed by atoms with Crippen molar-refractivity contribution in [2.24, 2.45) is 11.8 Å². The topological polar surface area (TPSA) is 50.8 Å². The number of carbonyl (C=O) groups excluding carboxylic acids is 1. The van der Waals surface area contributed by atoms with Gasteiger partial charge in [0, 0.05) is 30.4 Å². The molecule has 4 rings (SSSR count). The zero-order valence-electron chi connectivity index (χ0n) is 18.0. The van der Waals surface area contributed by atoms with Crippen LogP contribution in [0.4, 0.5) is 13.2 Å². The number of hydrogen-bond donors (Lipinski definition) is 0. The highest BCUT2D eigenvalue weighted by atomic mass is 35.5. The Labute approximate surface area is 189 Å². The minimum absolute atomic E-state index is 0.122. The van der Waals surface area contributed by atoms with Crippen molar-refractivity contribution in [2.75, 3.05) is 13.1 Å². The van der Waals surface area contributed by atoms with Gasteiger partial charge in [-0.1, -0.05) is 38.3 Å². The second kappa shape index (κ2) is 8.81. The maximum atomic E-state index is 13.8. The van der Waals surface area contributed by atoms with E-state index in [2.05, 4.69) is 18.8 Å². The molecule has 5 nitrogen and oxygen atoms in total. The molecule has 0 unspecified atom stereocenters. The highest BCUT2D eigenvalue weighted by molar-refractivity contribution is 6.33. The average molecular weight is 468 g/mol. The molecule has 0 bridgehead atoms. The molecule has 0 spiro atoms. The first-order valence-corrected chi connectivity index (χ1v) is 11.1. The van der Waals surface area contributed by atoms with Crippen LogP contribution in [0.25, 0.3) is 16.8 Å². The molecule has 0 saturated carbocycles. The Balaban J connectivity index is 1.64. The third kappa shape index (κ3) is 4.51. The van der Waals surface area contributed by atoms with Crippen LogP contribution in [0.5, 0.6) is 0 Å². The molecule has 172 valence electrons. The Hall–Kier alpha value is -2.48. The number of fused-ring (bicyclic) bond motifs is 1. The molecule has 1 aliphatic heterocycles. The number of aromatic nitrogens is 2. The minimum atomic E-state index is -4.66. The van der Waals surface area contributed by atoms with Crippen molar-refractivity contribution < 1.29 is 22.4 Å². The van der Waals surface area contributed by atoms with Gasteiger partial charge in [-0.25, -0.2) is 4.98 Å². The van der Waals surface area contributed by atoms with Crippen LogP contribution in [-0.4, -0.2) is 33.3 Å². The first kappa shape index (κ1) is 22.7. The first-order valence-electron chi connectivity index (χ1n) is 10.8. The second-order valence-electron chi connectivity index (χ2n) is 8.80.